The highest BCUT2D eigenvalue weighted by Gasteiger charge is 2.28. The van der Waals surface area contributed by atoms with Gasteiger partial charge in [0.2, 0.25) is 5.91 Å². The second kappa shape index (κ2) is 4.24. The summed E-state index contributed by atoms with van der Waals surface area (Å²) in [6.07, 6.45) is 0.466. The maximum atomic E-state index is 11.6. The van der Waals surface area contributed by atoms with E-state index in [2.05, 4.69) is 12.6 Å². The van der Waals surface area contributed by atoms with Gasteiger partial charge in [-0.15, -0.1) is 0 Å². The molecule has 1 atom stereocenters. The summed E-state index contributed by atoms with van der Waals surface area (Å²) in [6.45, 7) is 0.610. The fraction of sp³-hybridized carbons (Fsp3) is 0.300. The van der Waals surface area contributed by atoms with Crippen LogP contribution in [-0.4, -0.2) is 17.7 Å². The average Bonchev–Trinajstić information content (AvgIpc) is 2.43. The monoisotopic (exact) mass is 261 g/mol. The van der Waals surface area contributed by atoms with Crippen LogP contribution in [0, 0.1) is 0 Å². The van der Waals surface area contributed by atoms with E-state index < -0.39 is 0 Å². The molecule has 0 aromatic heterocycles. The van der Waals surface area contributed by atoms with Crippen LogP contribution < -0.4 is 4.90 Å². The minimum Gasteiger partial charge on any atom is -0.311 e. The Hall–Kier alpha value is -0.380. The molecule has 1 fully saturated rings. The lowest BCUT2D eigenvalue weighted by atomic mass is 10.3. The number of halogens is 2. The molecule has 1 aliphatic heterocycles. The van der Waals surface area contributed by atoms with E-state index in [9.17, 15) is 4.79 Å². The largest absolute Gasteiger partial charge is 0.311 e. The molecule has 5 heteroatoms. The molecule has 1 saturated heterocycles. The van der Waals surface area contributed by atoms with Gasteiger partial charge in [-0.3, -0.25) is 4.79 Å². The Bertz CT molecular complexity index is 390. The van der Waals surface area contributed by atoms with Crippen molar-refractivity contribution in [2.75, 3.05) is 11.4 Å². The number of carbonyl (C=O) groups excluding carboxylic acids is 1. The first kappa shape index (κ1) is 11.1. The van der Waals surface area contributed by atoms with Crippen molar-refractivity contribution < 1.29 is 4.79 Å². The highest BCUT2D eigenvalue weighted by Crippen LogP contribution is 2.29. The Morgan fingerprint density at radius 3 is 2.33 bits per heavy atom. The molecule has 0 aliphatic carbocycles. The van der Waals surface area contributed by atoms with Gasteiger partial charge in [-0.1, -0.05) is 23.2 Å². The second-order valence-electron chi connectivity index (χ2n) is 3.49. The zero-order chi connectivity index (χ0) is 11.0. The summed E-state index contributed by atoms with van der Waals surface area (Å²) in [4.78, 5) is 13.3. The van der Waals surface area contributed by atoms with Crippen LogP contribution in [0.4, 0.5) is 5.69 Å². The van der Waals surface area contributed by atoms with E-state index in [1.165, 1.54) is 0 Å². The van der Waals surface area contributed by atoms with Crippen molar-refractivity contribution in [2.45, 2.75) is 11.7 Å². The maximum Gasteiger partial charge on any atom is 0.228 e. The van der Waals surface area contributed by atoms with Crippen molar-refractivity contribution in [3.05, 3.63) is 28.2 Å². The van der Waals surface area contributed by atoms with Crippen LogP contribution in [0.15, 0.2) is 18.2 Å². The van der Waals surface area contributed by atoms with Crippen LogP contribution in [0.5, 0.6) is 0 Å². The topological polar surface area (TPSA) is 20.3 Å². The smallest absolute Gasteiger partial charge is 0.228 e. The summed E-state index contributed by atoms with van der Waals surface area (Å²) in [5, 5.41) is 1.16. The molecule has 0 bridgehead atoms. The first-order chi connectivity index (χ1) is 7.06. The van der Waals surface area contributed by atoms with E-state index in [4.69, 9.17) is 23.2 Å². The molecule has 15 heavy (non-hydrogen) atoms. The number of hydrogen-bond donors (Lipinski definition) is 1. The van der Waals surface area contributed by atoms with Gasteiger partial charge in [-0.05, 0) is 18.2 Å². The molecule has 0 saturated carbocycles. The summed E-state index contributed by atoms with van der Waals surface area (Å²) >= 11 is 16.0. The molecule has 1 unspecified atom stereocenters. The molecule has 1 heterocycles. The standard InChI is InChI=1S/C10H9Cl2NOS/c11-6-1-7(12)3-8(2-6)13-5-9(15)4-10(13)14/h1-3,9,15H,4-5H2. The fourth-order valence-corrected chi connectivity index (χ4v) is 2.47. The van der Waals surface area contributed by atoms with E-state index in [0.29, 0.717) is 23.0 Å². The van der Waals surface area contributed by atoms with Gasteiger partial charge >= 0.3 is 0 Å². The Kier molecular flexibility index (Phi) is 3.14. The molecule has 1 amide bonds. The van der Waals surface area contributed by atoms with Crippen molar-refractivity contribution in [1.82, 2.24) is 0 Å². The Balaban J connectivity index is 2.33. The Labute approximate surface area is 104 Å². The number of carbonyl (C=O) groups is 1. The molecule has 0 radical (unpaired) electrons. The van der Waals surface area contributed by atoms with Crippen LogP contribution in [0.2, 0.25) is 10.0 Å². The summed E-state index contributed by atoms with van der Waals surface area (Å²) in [7, 11) is 0. The van der Waals surface area contributed by atoms with E-state index in [0.717, 1.165) is 5.69 Å². The van der Waals surface area contributed by atoms with Crippen molar-refractivity contribution in [3.63, 3.8) is 0 Å². The minimum absolute atomic E-state index is 0.0633. The zero-order valence-corrected chi connectivity index (χ0v) is 10.2. The predicted molar refractivity (Wildman–Crippen MR) is 66.2 cm³/mol. The maximum absolute atomic E-state index is 11.6. The number of rotatable bonds is 1. The van der Waals surface area contributed by atoms with Crippen LogP contribution in [0.1, 0.15) is 6.42 Å². The first-order valence-electron chi connectivity index (χ1n) is 4.51. The lowest BCUT2D eigenvalue weighted by Crippen LogP contribution is -2.24. The molecule has 1 aromatic carbocycles. The SMILES string of the molecule is O=C1CC(S)CN1c1cc(Cl)cc(Cl)c1. The lowest BCUT2D eigenvalue weighted by Gasteiger charge is -2.16. The normalized spacial score (nSPS) is 21.1. The van der Waals surface area contributed by atoms with Crippen molar-refractivity contribution in [2.24, 2.45) is 0 Å². The van der Waals surface area contributed by atoms with Crippen molar-refractivity contribution >= 4 is 47.4 Å². The van der Waals surface area contributed by atoms with Gasteiger partial charge in [0, 0.05) is 33.9 Å². The second-order valence-corrected chi connectivity index (χ2v) is 5.09. The summed E-state index contributed by atoms with van der Waals surface area (Å²) in [5.41, 5.74) is 0.744. The molecule has 0 spiro atoms. The van der Waals surface area contributed by atoms with Gasteiger partial charge in [-0.2, -0.15) is 12.6 Å². The predicted octanol–water partition coefficient (Wildman–Crippen LogP) is 3.03. The molecule has 1 aromatic rings. The van der Waals surface area contributed by atoms with Gasteiger partial charge in [0.05, 0.1) is 0 Å². The first-order valence-corrected chi connectivity index (χ1v) is 5.78. The molecule has 2 nitrogen and oxygen atoms in total. The molecule has 80 valence electrons. The number of anilines is 1. The quantitative estimate of drug-likeness (QED) is 0.771. The minimum atomic E-state index is 0.0633. The fourth-order valence-electron chi connectivity index (χ4n) is 1.63. The third-order valence-corrected chi connectivity index (χ3v) is 3.05. The number of amides is 1. The summed E-state index contributed by atoms with van der Waals surface area (Å²) in [5.74, 6) is 0.0633. The van der Waals surface area contributed by atoms with Gasteiger partial charge in [0.1, 0.15) is 0 Å². The van der Waals surface area contributed by atoms with Crippen LogP contribution in [0.25, 0.3) is 0 Å². The number of hydrogen-bond acceptors (Lipinski definition) is 2. The van der Waals surface area contributed by atoms with Crippen LogP contribution >= 0.6 is 35.8 Å². The number of thiol groups is 1. The van der Waals surface area contributed by atoms with Crippen LogP contribution in [0.3, 0.4) is 0 Å². The van der Waals surface area contributed by atoms with Gasteiger partial charge < -0.3 is 4.90 Å². The Morgan fingerprint density at radius 1 is 1.27 bits per heavy atom. The third-order valence-electron chi connectivity index (χ3n) is 2.26. The van der Waals surface area contributed by atoms with E-state index >= 15 is 0 Å². The van der Waals surface area contributed by atoms with Gasteiger partial charge in [-0.25, -0.2) is 0 Å². The highest BCUT2D eigenvalue weighted by molar-refractivity contribution is 7.81. The zero-order valence-electron chi connectivity index (χ0n) is 7.78. The Morgan fingerprint density at radius 2 is 1.87 bits per heavy atom. The van der Waals surface area contributed by atoms with Gasteiger partial charge in [0.15, 0.2) is 0 Å². The number of nitrogens with zero attached hydrogens (tertiary/aromatic N) is 1. The van der Waals surface area contributed by atoms with E-state index in [1.807, 2.05) is 0 Å². The molecule has 1 aliphatic rings. The van der Waals surface area contributed by atoms with Gasteiger partial charge in [0.25, 0.3) is 0 Å². The highest BCUT2D eigenvalue weighted by atomic mass is 35.5. The van der Waals surface area contributed by atoms with Crippen molar-refractivity contribution in [1.29, 1.82) is 0 Å². The third kappa shape index (κ3) is 2.41. The average molecular weight is 262 g/mol. The lowest BCUT2D eigenvalue weighted by molar-refractivity contribution is -0.117. The van der Waals surface area contributed by atoms with Crippen LogP contribution in [-0.2, 0) is 4.79 Å². The number of benzene rings is 1. The van der Waals surface area contributed by atoms with Crippen molar-refractivity contribution in [3.8, 4) is 0 Å². The molecule has 2 rings (SSSR count). The van der Waals surface area contributed by atoms with E-state index in [-0.39, 0.29) is 11.2 Å². The molecular formula is C10H9Cl2NOS. The summed E-state index contributed by atoms with van der Waals surface area (Å²) < 4.78 is 0. The van der Waals surface area contributed by atoms with E-state index in [1.54, 1.807) is 23.1 Å². The molecule has 0 N–H and O–H groups in total. The summed E-state index contributed by atoms with van der Waals surface area (Å²) in [6, 6.07) is 5.11. The molecular weight excluding hydrogens is 253 g/mol.